The molecule has 2 nitrogen and oxygen atoms in total. The highest BCUT2D eigenvalue weighted by atomic mass is 16.5. The largest absolute Gasteiger partial charge is 0.497 e. The van der Waals surface area contributed by atoms with Crippen LogP contribution >= 0.6 is 0 Å². The number of hydrogen-bond donors (Lipinski definition) is 0. The first-order chi connectivity index (χ1) is 13.4. The minimum atomic E-state index is 0.278. The van der Waals surface area contributed by atoms with Crippen LogP contribution in [-0.4, -0.2) is 12.9 Å². The zero-order valence-corrected chi connectivity index (χ0v) is 20.7. The minimum Gasteiger partial charge on any atom is -0.497 e. The number of ether oxygens (including phenoxy) is 1. The van der Waals surface area contributed by atoms with Gasteiger partial charge in [-0.15, -0.1) is 0 Å². The zero-order valence-electron chi connectivity index (χ0n) is 20.7. The predicted octanol–water partition coefficient (Wildman–Crippen LogP) is 8.52. The van der Waals surface area contributed by atoms with Crippen LogP contribution in [0.1, 0.15) is 106 Å². The van der Waals surface area contributed by atoms with Gasteiger partial charge in [0.15, 0.2) is 0 Å². The highest BCUT2D eigenvalue weighted by molar-refractivity contribution is 5.80. The molecule has 28 heavy (non-hydrogen) atoms. The molecule has 0 saturated carbocycles. The molecule has 2 heteroatoms. The van der Waals surface area contributed by atoms with Gasteiger partial charge in [-0.3, -0.25) is 4.79 Å². The van der Waals surface area contributed by atoms with Crippen molar-refractivity contribution in [3.8, 4) is 5.75 Å². The molecule has 1 atom stereocenters. The number of carbonyl (C=O) groups excluding carboxylic acids is 1. The quantitative estimate of drug-likeness (QED) is 0.392. The Kier molecular flexibility index (Phi) is 26.6. The monoisotopic (exact) mass is 394 g/mol. The van der Waals surface area contributed by atoms with Gasteiger partial charge in [0.25, 0.3) is 0 Å². The van der Waals surface area contributed by atoms with Crippen molar-refractivity contribution in [1.29, 1.82) is 0 Å². The molecule has 0 amide bonds. The molecule has 1 unspecified atom stereocenters. The van der Waals surface area contributed by atoms with Crippen molar-refractivity contribution >= 4 is 5.78 Å². The average molecular weight is 395 g/mol. The molecule has 0 saturated heterocycles. The zero-order chi connectivity index (χ0) is 22.4. The van der Waals surface area contributed by atoms with Gasteiger partial charge < -0.3 is 4.74 Å². The number of hydrogen-bond acceptors (Lipinski definition) is 2. The second-order valence-electron chi connectivity index (χ2n) is 7.22. The fourth-order valence-corrected chi connectivity index (χ4v) is 2.27. The number of Topliss-reactive ketones (excluding diaryl/α,β-unsaturated/α-hetero) is 1. The van der Waals surface area contributed by atoms with Crippen molar-refractivity contribution in [3.63, 3.8) is 0 Å². The lowest BCUT2D eigenvalue weighted by molar-refractivity contribution is -0.122. The fraction of sp³-hybridized carbons (Fsp3) is 0.731. The third-order valence-corrected chi connectivity index (χ3v) is 4.44. The van der Waals surface area contributed by atoms with E-state index < -0.39 is 0 Å². The standard InChI is InChI=1S/C9H12O.C8H18.C7H14O.C2H6/c1-3-8-5-4-6-9(7-8)10-2;1-4-5-6-7-8(2)3;1-4-6(3)7(8)5-2;1-2/h4-7H,3H2,1-2H3;8H,4-7H2,1-3H3;6H,4-5H2,1-3H3;1-2H3. The van der Waals surface area contributed by atoms with E-state index in [2.05, 4.69) is 39.8 Å². The van der Waals surface area contributed by atoms with Crippen LogP contribution in [0.5, 0.6) is 5.75 Å². The lowest BCUT2D eigenvalue weighted by Crippen LogP contribution is -2.06. The summed E-state index contributed by atoms with van der Waals surface area (Å²) in [4.78, 5) is 10.7. The normalized spacial score (nSPS) is 10.4. The van der Waals surface area contributed by atoms with E-state index in [1.54, 1.807) is 7.11 Å². The van der Waals surface area contributed by atoms with Crippen LogP contribution in [-0.2, 0) is 11.2 Å². The van der Waals surface area contributed by atoms with Crippen molar-refractivity contribution in [1.82, 2.24) is 0 Å². The van der Waals surface area contributed by atoms with Gasteiger partial charge in [-0.2, -0.15) is 0 Å². The molecule has 0 N–H and O–H groups in total. The van der Waals surface area contributed by atoms with Crippen molar-refractivity contribution in [2.24, 2.45) is 11.8 Å². The molecular formula is C26H50O2. The second-order valence-corrected chi connectivity index (χ2v) is 7.22. The van der Waals surface area contributed by atoms with Gasteiger partial charge in [-0.1, -0.05) is 100 Å². The van der Waals surface area contributed by atoms with Crippen LogP contribution < -0.4 is 4.74 Å². The van der Waals surface area contributed by atoms with Crippen LogP contribution in [0.2, 0.25) is 0 Å². The highest BCUT2D eigenvalue weighted by Crippen LogP contribution is 2.12. The molecule has 0 bridgehead atoms. The average Bonchev–Trinajstić information content (AvgIpc) is 2.74. The van der Waals surface area contributed by atoms with E-state index in [9.17, 15) is 4.79 Å². The van der Waals surface area contributed by atoms with Crippen molar-refractivity contribution in [2.75, 3.05) is 7.11 Å². The van der Waals surface area contributed by atoms with Gasteiger partial charge >= 0.3 is 0 Å². The van der Waals surface area contributed by atoms with Gasteiger partial charge in [-0.25, -0.2) is 0 Å². The molecule has 0 aliphatic rings. The Morgan fingerprint density at radius 1 is 1.00 bits per heavy atom. The number of ketones is 1. The number of aryl methyl sites for hydroxylation is 1. The lowest BCUT2D eigenvalue weighted by Gasteiger charge is -2.02. The molecule has 0 radical (unpaired) electrons. The summed E-state index contributed by atoms with van der Waals surface area (Å²) >= 11 is 0. The number of rotatable bonds is 9. The third kappa shape index (κ3) is 21.0. The maximum atomic E-state index is 10.7. The molecule has 0 spiro atoms. The molecule has 166 valence electrons. The highest BCUT2D eigenvalue weighted by Gasteiger charge is 2.05. The Balaban J connectivity index is -0.000000324. The summed E-state index contributed by atoms with van der Waals surface area (Å²) in [7, 11) is 1.69. The van der Waals surface area contributed by atoms with E-state index in [0.717, 1.165) is 24.5 Å². The SMILES string of the molecule is CC.CCC(=O)C(C)CC.CCCCCC(C)C.CCc1cccc(OC)c1. The summed E-state index contributed by atoms with van der Waals surface area (Å²) in [6, 6.07) is 8.12. The summed E-state index contributed by atoms with van der Waals surface area (Å²) in [6.07, 6.45) is 8.34. The maximum Gasteiger partial charge on any atom is 0.135 e. The summed E-state index contributed by atoms with van der Waals surface area (Å²) in [6.45, 7) is 18.9. The van der Waals surface area contributed by atoms with E-state index in [0.29, 0.717) is 12.2 Å². The van der Waals surface area contributed by atoms with Crippen molar-refractivity contribution in [3.05, 3.63) is 29.8 Å². The lowest BCUT2D eigenvalue weighted by atomic mass is 10.0. The van der Waals surface area contributed by atoms with Crippen LogP contribution in [0, 0.1) is 11.8 Å². The Morgan fingerprint density at radius 3 is 1.96 bits per heavy atom. The van der Waals surface area contributed by atoms with Gasteiger partial charge in [0.05, 0.1) is 7.11 Å². The molecule has 1 aromatic carbocycles. The number of carbonyl (C=O) groups is 1. The maximum absolute atomic E-state index is 10.7. The molecule has 0 aromatic heterocycles. The Labute approximate surface area is 177 Å². The summed E-state index contributed by atoms with van der Waals surface area (Å²) in [5.41, 5.74) is 1.32. The van der Waals surface area contributed by atoms with E-state index in [1.165, 1.54) is 31.2 Å². The van der Waals surface area contributed by atoms with Gasteiger partial charge in [0.1, 0.15) is 11.5 Å². The Bertz CT molecular complexity index is 419. The van der Waals surface area contributed by atoms with Crippen molar-refractivity contribution in [2.45, 2.75) is 107 Å². The van der Waals surface area contributed by atoms with Gasteiger partial charge in [0.2, 0.25) is 0 Å². The van der Waals surface area contributed by atoms with E-state index >= 15 is 0 Å². The van der Waals surface area contributed by atoms with E-state index in [-0.39, 0.29) is 5.92 Å². The van der Waals surface area contributed by atoms with Crippen molar-refractivity contribution < 1.29 is 9.53 Å². The summed E-state index contributed by atoms with van der Waals surface area (Å²) in [5, 5.41) is 0. The number of unbranched alkanes of at least 4 members (excludes halogenated alkanes) is 2. The molecular weight excluding hydrogens is 344 g/mol. The minimum absolute atomic E-state index is 0.278. The number of methoxy groups -OCH3 is 1. The predicted molar refractivity (Wildman–Crippen MR) is 127 cm³/mol. The molecule has 0 fully saturated rings. The molecule has 1 aromatic rings. The molecule has 0 heterocycles. The smallest absolute Gasteiger partial charge is 0.135 e. The van der Waals surface area contributed by atoms with Crippen LogP contribution in [0.4, 0.5) is 0 Å². The molecule has 0 aliphatic carbocycles. The van der Waals surface area contributed by atoms with Crippen LogP contribution in [0.25, 0.3) is 0 Å². The Morgan fingerprint density at radius 2 is 1.61 bits per heavy atom. The fourth-order valence-electron chi connectivity index (χ4n) is 2.27. The second kappa shape index (κ2) is 23.7. The number of benzene rings is 1. The van der Waals surface area contributed by atoms with E-state index in [4.69, 9.17) is 4.74 Å². The first kappa shape index (κ1) is 31.4. The molecule has 1 rings (SSSR count). The van der Waals surface area contributed by atoms with Gasteiger partial charge in [0, 0.05) is 12.3 Å². The summed E-state index contributed by atoms with van der Waals surface area (Å²) in [5.74, 6) is 2.51. The molecule has 0 aliphatic heterocycles. The van der Waals surface area contributed by atoms with Crippen LogP contribution in [0.3, 0.4) is 0 Å². The first-order valence-electron chi connectivity index (χ1n) is 11.5. The Hall–Kier alpha value is -1.31. The first-order valence-corrected chi connectivity index (χ1v) is 11.5. The van der Waals surface area contributed by atoms with Crippen LogP contribution in [0.15, 0.2) is 24.3 Å². The van der Waals surface area contributed by atoms with E-state index in [1.807, 2.05) is 46.8 Å². The topological polar surface area (TPSA) is 26.3 Å². The summed E-state index contributed by atoms with van der Waals surface area (Å²) < 4.78 is 5.06. The third-order valence-electron chi connectivity index (χ3n) is 4.44. The van der Waals surface area contributed by atoms with Gasteiger partial charge in [-0.05, 0) is 36.5 Å².